The molecule has 1 rings (SSSR count). The van der Waals surface area contributed by atoms with Crippen LogP contribution in [0.25, 0.3) is 0 Å². The van der Waals surface area contributed by atoms with Gasteiger partial charge in [0.1, 0.15) is 5.75 Å². The van der Waals surface area contributed by atoms with E-state index in [1.54, 1.807) is 0 Å². The second-order valence-corrected chi connectivity index (χ2v) is 5.57. The molecular weight excluding hydrogens is 264 g/mol. The lowest BCUT2D eigenvalue weighted by atomic mass is 10.1. The minimum absolute atomic E-state index is 0.444. The first kappa shape index (κ1) is 18.0. The van der Waals surface area contributed by atoms with Crippen molar-refractivity contribution in [2.24, 2.45) is 0 Å². The summed E-state index contributed by atoms with van der Waals surface area (Å²) >= 11 is 0. The third-order valence-corrected chi connectivity index (χ3v) is 3.53. The third kappa shape index (κ3) is 6.93. The SMILES string of the molecule is CCOc1ccc(C(O)CN(CC)CCCN(C)C)cc1. The van der Waals surface area contributed by atoms with E-state index in [0.717, 1.165) is 37.4 Å². The maximum absolute atomic E-state index is 10.4. The minimum Gasteiger partial charge on any atom is -0.494 e. The molecule has 0 radical (unpaired) electrons. The smallest absolute Gasteiger partial charge is 0.119 e. The number of hydrogen-bond donors (Lipinski definition) is 1. The average Bonchev–Trinajstić information content (AvgIpc) is 2.46. The molecule has 0 saturated carbocycles. The molecule has 1 atom stereocenters. The summed E-state index contributed by atoms with van der Waals surface area (Å²) in [5.41, 5.74) is 0.949. The number of benzene rings is 1. The zero-order valence-corrected chi connectivity index (χ0v) is 13.9. The van der Waals surface area contributed by atoms with Gasteiger partial charge in [-0.25, -0.2) is 0 Å². The number of rotatable bonds is 10. The molecule has 0 saturated heterocycles. The monoisotopic (exact) mass is 294 g/mol. The van der Waals surface area contributed by atoms with Crippen molar-refractivity contribution in [1.29, 1.82) is 0 Å². The maximum Gasteiger partial charge on any atom is 0.119 e. The summed E-state index contributed by atoms with van der Waals surface area (Å²) in [5, 5.41) is 10.4. The van der Waals surface area contributed by atoms with Crippen LogP contribution in [0.15, 0.2) is 24.3 Å². The van der Waals surface area contributed by atoms with Crippen LogP contribution in [0.2, 0.25) is 0 Å². The van der Waals surface area contributed by atoms with E-state index in [2.05, 4.69) is 30.8 Å². The van der Waals surface area contributed by atoms with E-state index in [4.69, 9.17) is 4.74 Å². The molecule has 1 aromatic rings. The van der Waals surface area contributed by atoms with Crippen LogP contribution in [0.5, 0.6) is 5.75 Å². The Labute approximate surface area is 129 Å². The normalized spacial score (nSPS) is 12.9. The van der Waals surface area contributed by atoms with Crippen molar-refractivity contribution >= 4 is 0 Å². The number of hydrogen-bond acceptors (Lipinski definition) is 4. The van der Waals surface area contributed by atoms with E-state index >= 15 is 0 Å². The summed E-state index contributed by atoms with van der Waals surface area (Å²) in [6, 6.07) is 7.74. The number of ether oxygens (including phenoxy) is 1. The Morgan fingerprint density at radius 1 is 1.10 bits per heavy atom. The van der Waals surface area contributed by atoms with Crippen molar-refractivity contribution in [3.05, 3.63) is 29.8 Å². The van der Waals surface area contributed by atoms with Gasteiger partial charge in [-0.3, -0.25) is 0 Å². The van der Waals surface area contributed by atoms with Gasteiger partial charge in [-0.15, -0.1) is 0 Å². The van der Waals surface area contributed by atoms with Gasteiger partial charge >= 0.3 is 0 Å². The maximum atomic E-state index is 10.4. The van der Waals surface area contributed by atoms with Crippen LogP contribution in [0.3, 0.4) is 0 Å². The van der Waals surface area contributed by atoms with Crippen molar-refractivity contribution in [3.8, 4) is 5.75 Å². The fourth-order valence-electron chi connectivity index (χ4n) is 2.29. The van der Waals surface area contributed by atoms with Crippen molar-refractivity contribution in [2.75, 3.05) is 46.9 Å². The molecule has 0 aliphatic rings. The standard InChI is InChI=1S/C17H30N2O2/c1-5-19(13-7-12-18(3)4)14-17(20)15-8-10-16(11-9-15)21-6-2/h8-11,17,20H,5-7,12-14H2,1-4H3. The zero-order chi connectivity index (χ0) is 15.7. The molecule has 4 heteroatoms. The second-order valence-electron chi connectivity index (χ2n) is 5.57. The molecule has 1 N–H and O–H groups in total. The van der Waals surface area contributed by atoms with Crippen molar-refractivity contribution < 1.29 is 9.84 Å². The van der Waals surface area contributed by atoms with E-state index in [9.17, 15) is 5.11 Å². The lowest BCUT2D eigenvalue weighted by molar-refractivity contribution is 0.114. The number of aliphatic hydroxyl groups excluding tert-OH is 1. The van der Waals surface area contributed by atoms with Gasteiger partial charge in [-0.1, -0.05) is 19.1 Å². The van der Waals surface area contributed by atoms with Gasteiger partial charge in [0.25, 0.3) is 0 Å². The van der Waals surface area contributed by atoms with Crippen LogP contribution in [-0.2, 0) is 0 Å². The van der Waals surface area contributed by atoms with Crippen LogP contribution in [0, 0.1) is 0 Å². The summed E-state index contributed by atoms with van der Waals surface area (Å²) in [7, 11) is 4.18. The Morgan fingerprint density at radius 3 is 2.29 bits per heavy atom. The molecule has 21 heavy (non-hydrogen) atoms. The van der Waals surface area contributed by atoms with Gasteiger partial charge < -0.3 is 19.6 Å². The van der Waals surface area contributed by atoms with E-state index in [1.165, 1.54) is 0 Å². The summed E-state index contributed by atoms with van der Waals surface area (Å²) in [6.45, 7) is 8.51. The van der Waals surface area contributed by atoms with Gasteiger partial charge in [0, 0.05) is 6.54 Å². The largest absolute Gasteiger partial charge is 0.494 e. The average molecular weight is 294 g/mol. The molecule has 0 spiro atoms. The number of nitrogens with zero attached hydrogens (tertiary/aromatic N) is 2. The zero-order valence-electron chi connectivity index (χ0n) is 13.9. The molecule has 0 bridgehead atoms. The molecule has 0 aromatic heterocycles. The fourth-order valence-corrected chi connectivity index (χ4v) is 2.29. The highest BCUT2D eigenvalue weighted by Gasteiger charge is 2.12. The molecule has 1 unspecified atom stereocenters. The molecule has 4 nitrogen and oxygen atoms in total. The first-order valence-corrected chi connectivity index (χ1v) is 7.84. The van der Waals surface area contributed by atoms with E-state index < -0.39 is 6.10 Å². The summed E-state index contributed by atoms with van der Waals surface area (Å²) in [4.78, 5) is 4.49. The quantitative estimate of drug-likeness (QED) is 0.719. The highest BCUT2D eigenvalue weighted by Crippen LogP contribution is 2.18. The van der Waals surface area contributed by atoms with Gasteiger partial charge in [-0.05, 0) is 64.8 Å². The predicted molar refractivity (Wildman–Crippen MR) is 87.9 cm³/mol. The van der Waals surface area contributed by atoms with Gasteiger partial charge in [0.15, 0.2) is 0 Å². The van der Waals surface area contributed by atoms with E-state index in [0.29, 0.717) is 13.2 Å². The highest BCUT2D eigenvalue weighted by atomic mass is 16.5. The van der Waals surface area contributed by atoms with E-state index in [-0.39, 0.29) is 0 Å². The van der Waals surface area contributed by atoms with Gasteiger partial charge in [0.2, 0.25) is 0 Å². The lowest BCUT2D eigenvalue weighted by Crippen LogP contribution is -2.31. The first-order chi connectivity index (χ1) is 10.1. The topological polar surface area (TPSA) is 35.9 Å². The Balaban J connectivity index is 2.47. The molecule has 0 heterocycles. The minimum atomic E-state index is -0.444. The lowest BCUT2D eigenvalue weighted by Gasteiger charge is -2.24. The molecular formula is C17H30N2O2. The van der Waals surface area contributed by atoms with Gasteiger partial charge in [-0.2, -0.15) is 0 Å². The van der Waals surface area contributed by atoms with Crippen LogP contribution < -0.4 is 4.74 Å². The summed E-state index contributed by atoms with van der Waals surface area (Å²) in [5.74, 6) is 0.854. The number of aliphatic hydroxyl groups is 1. The second kappa shape index (κ2) is 9.77. The molecule has 120 valence electrons. The summed E-state index contributed by atoms with van der Waals surface area (Å²) < 4.78 is 5.42. The van der Waals surface area contributed by atoms with Crippen LogP contribution in [0.1, 0.15) is 31.9 Å². The van der Waals surface area contributed by atoms with Gasteiger partial charge in [0.05, 0.1) is 12.7 Å². The van der Waals surface area contributed by atoms with Crippen LogP contribution in [-0.4, -0.2) is 61.8 Å². The Bertz CT molecular complexity index is 379. The van der Waals surface area contributed by atoms with E-state index in [1.807, 2.05) is 31.2 Å². The van der Waals surface area contributed by atoms with Crippen LogP contribution >= 0.6 is 0 Å². The van der Waals surface area contributed by atoms with Crippen LogP contribution in [0.4, 0.5) is 0 Å². The molecule has 0 amide bonds. The predicted octanol–water partition coefficient (Wildman–Crippen LogP) is 2.39. The highest BCUT2D eigenvalue weighted by molar-refractivity contribution is 5.28. The Kier molecular flexibility index (Phi) is 8.35. The Morgan fingerprint density at radius 2 is 1.76 bits per heavy atom. The first-order valence-electron chi connectivity index (χ1n) is 7.84. The molecule has 0 fully saturated rings. The fraction of sp³-hybridized carbons (Fsp3) is 0.647. The Hall–Kier alpha value is -1.10. The van der Waals surface area contributed by atoms with Crippen molar-refractivity contribution in [3.63, 3.8) is 0 Å². The summed E-state index contributed by atoms with van der Waals surface area (Å²) in [6.07, 6.45) is 0.677. The van der Waals surface area contributed by atoms with Crippen molar-refractivity contribution in [2.45, 2.75) is 26.4 Å². The third-order valence-electron chi connectivity index (χ3n) is 3.53. The van der Waals surface area contributed by atoms with Crippen molar-refractivity contribution in [1.82, 2.24) is 9.80 Å². The molecule has 0 aliphatic carbocycles. The number of likely N-dealkylation sites (N-methyl/N-ethyl adjacent to an activating group) is 1. The molecule has 0 aliphatic heterocycles. The molecule has 1 aromatic carbocycles.